The van der Waals surface area contributed by atoms with Gasteiger partial charge in [-0.1, -0.05) is 17.3 Å². The zero-order valence-corrected chi connectivity index (χ0v) is 15.1. The summed E-state index contributed by atoms with van der Waals surface area (Å²) in [4.78, 5) is 24.3. The fourth-order valence-electron chi connectivity index (χ4n) is 2.38. The van der Waals surface area contributed by atoms with Crippen molar-refractivity contribution in [2.45, 2.75) is 26.7 Å². The molecule has 0 saturated heterocycles. The van der Waals surface area contributed by atoms with Crippen LogP contribution in [0.4, 0.5) is 5.69 Å². The number of aromatic nitrogens is 1. The summed E-state index contributed by atoms with van der Waals surface area (Å²) in [5, 5.41) is 9.36. The summed E-state index contributed by atoms with van der Waals surface area (Å²) in [5.41, 5.74) is 8.02. The van der Waals surface area contributed by atoms with Crippen molar-refractivity contribution in [2.75, 3.05) is 18.4 Å². The van der Waals surface area contributed by atoms with Crippen LogP contribution < -0.4 is 16.4 Å². The van der Waals surface area contributed by atoms with Crippen LogP contribution >= 0.6 is 12.4 Å². The summed E-state index contributed by atoms with van der Waals surface area (Å²) in [7, 11) is 0. The molecular weight excluding hydrogens is 344 g/mol. The first-order chi connectivity index (χ1) is 11.5. The van der Waals surface area contributed by atoms with Crippen molar-refractivity contribution in [1.82, 2.24) is 10.5 Å². The van der Waals surface area contributed by atoms with Crippen LogP contribution in [0.5, 0.6) is 0 Å². The minimum Gasteiger partial charge on any atom is -0.361 e. The third-order valence-electron chi connectivity index (χ3n) is 3.66. The van der Waals surface area contributed by atoms with Gasteiger partial charge in [-0.3, -0.25) is 9.59 Å². The fourth-order valence-corrected chi connectivity index (χ4v) is 2.38. The Balaban J connectivity index is 0.00000312. The van der Waals surface area contributed by atoms with Gasteiger partial charge in [0.2, 0.25) is 5.91 Å². The summed E-state index contributed by atoms with van der Waals surface area (Å²) < 4.78 is 5.09. The monoisotopic (exact) mass is 366 g/mol. The average molecular weight is 367 g/mol. The van der Waals surface area contributed by atoms with Gasteiger partial charge >= 0.3 is 0 Å². The van der Waals surface area contributed by atoms with Gasteiger partial charge in [-0.2, -0.15) is 0 Å². The van der Waals surface area contributed by atoms with E-state index in [1.807, 2.05) is 13.8 Å². The molecule has 0 radical (unpaired) electrons. The third kappa shape index (κ3) is 5.58. The zero-order chi connectivity index (χ0) is 17.5. The summed E-state index contributed by atoms with van der Waals surface area (Å²) in [6.45, 7) is 4.41. The molecule has 0 aliphatic heterocycles. The molecule has 0 spiro atoms. The van der Waals surface area contributed by atoms with E-state index >= 15 is 0 Å². The molecule has 0 atom stereocenters. The standard InChI is InChI=1S/C17H22N4O3.ClH/c1-11-13(12(2)24-21-11)7-8-16(22)20-15-6-4-3-5-14(15)17(23)19-10-9-18;/h3-6H,7-10,18H2,1-2H3,(H,19,23)(H,20,22);1H. The Labute approximate surface area is 152 Å². The third-order valence-corrected chi connectivity index (χ3v) is 3.66. The number of rotatable bonds is 7. The first-order valence-corrected chi connectivity index (χ1v) is 7.81. The topological polar surface area (TPSA) is 110 Å². The first-order valence-electron chi connectivity index (χ1n) is 7.81. The van der Waals surface area contributed by atoms with Crippen molar-refractivity contribution < 1.29 is 14.1 Å². The molecule has 7 nitrogen and oxygen atoms in total. The number of benzene rings is 1. The fraction of sp³-hybridized carbons (Fsp3) is 0.353. The summed E-state index contributed by atoms with van der Waals surface area (Å²) >= 11 is 0. The first kappa shape index (κ1) is 20.7. The number of carbonyl (C=O) groups excluding carboxylic acids is 2. The van der Waals surface area contributed by atoms with Gasteiger partial charge in [0.1, 0.15) is 5.76 Å². The number of halogens is 1. The second-order valence-electron chi connectivity index (χ2n) is 5.44. The van der Waals surface area contributed by atoms with E-state index < -0.39 is 0 Å². The maximum atomic E-state index is 12.2. The molecule has 136 valence electrons. The Morgan fingerprint density at radius 3 is 2.60 bits per heavy atom. The van der Waals surface area contributed by atoms with Crippen LogP contribution in [0.25, 0.3) is 0 Å². The van der Waals surface area contributed by atoms with E-state index in [1.54, 1.807) is 24.3 Å². The lowest BCUT2D eigenvalue weighted by Crippen LogP contribution is -2.30. The number of carbonyl (C=O) groups is 2. The lowest BCUT2D eigenvalue weighted by molar-refractivity contribution is -0.116. The predicted molar refractivity (Wildman–Crippen MR) is 98.0 cm³/mol. The van der Waals surface area contributed by atoms with E-state index in [1.165, 1.54) is 0 Å². The molecule has 1 aromatic heterocycles. The highest BCUT2D eigenvalue weighted by atomic mass is 35.5. The van der Waals surface area contributed by atoms with E-state index in [-0.39, 0.29) is 30.6 Å². The summed E-state index contributed by atoms with van der Waals surface area (Å²) in [5.74, 6) is 0.290. The predicted octanol–water partition coefficient (Wildman–Crippen LogP) is 1.97. The second-order valence-corrected chi connectivity index (χ2v) is 5.44. The molecule has 2 rings (SSSR count). The molecule has 0 saturated carbocycles. The highest BCUT2D eigenvalue weighted by Crippen LogP contribution is 2.17. The number of amides is 2. The smallest absolute Gasteiger partial charge is 0.253 e. The second kappa shape index (κ2) is 9.80. The number of hydrogen-bond acceptors (Lipinski definition) is 5. The van der Waals surface area contributed by atoms with E-state index in [0.717, 1.165) is 17.0 Å². The van der Waals surface area contributed by atoms with Gasteiger partial charge < -0.3 is 20.9 Å². The van der Waals surface area contributed by atoms with Crippen molar-refractivity contribution in [2.24, 2.45) is 5.73 Å². The number of anilines is 1. The van der Waals surface area contributed by atoms with Crippen LogP contribution in [0, 0.1) is 13.8 Å². The van der Waals surface area contributed by atoms with Crippen LogP contribution in [0.2, 0.25) is 0 Å². The quantitative estimate of drug-likeness (QED) is 0.693. The number of para-hydroxylation sites is 1. The van der Waals surface area contributed by atoms with E-state index in [2.05, 4.69) is 15.8 Å². The Morgan fingerprint density at radius 2 is 1.96 bits per heavy atom. The van der Waals surface area contributed by atoms with Gasteiger partial charge in [-0.25, -0.2) is 0 Å². The molecule has 0 bridgehead atoms. The Bertz CT molecular complexity index is 711. The van der Waals surface area contributed by atoms with E-state index in [4.69, 9.17) is 10.3 Å². The van der Waals surface area contributed by atoms with Gasteiger partial charge in [-0.15, -0.1) is 12.4 Å². The Morgan fingerprint density at radius 1 is 1.24 bits per heavy atom. The van der Waals surface area contributed by atoms with Crippen molar-refractivity contribution in [3.63, 3.8) is 0 Å². The number of hydrogen-bond donors (Lipinski definition) is 3. The molecule has 1 aromatic carbocycles. The molecule has 1 heterocycles. The highest BCUT2D eigenvalue weighted by molar-refractivity contribution is 6.03. The van der Waals surface area contributed by atoms with Gasteiger partial charge in [0, 0.05) is 25.1 Å². The molecule has 0 aliphatic carbocycles. The molecule has 0 aliphatic rings. The van der Waals surface area contributed by atoms with E-state index in [9.17, 15) is 9.59 Å². The van der Waals surface area contributed by atoms with Crippen LogP contribution in [0.15, 0.2) is 28.8 Å². The van der Waals surface area contributed by atoms with Crippen LogP contribution in [0.1, 0.15) is 33.8 Å². The highest BCUT2D eigenvalue weighted by Gasteiger charge is 2.14. The van der Waals surface area contributed by atoms with Gasteiger partial charge in [-0.05, 0) is 32.4 Å². The number of nitrogens with two attached hydrogens (primary N) is 1. The molecule has 8 heteroatoms. The SMILES string of the molecule is Cc1noc(C)c1CCC(=O)Nc1ccccc1C(=O)NCCN.Cl. The Hall–Kier alpha value is -2.38. The van der Waals surface area contributed by atoms with Crippen molar-refractivity contribution in [1.29, 1.82) is 0 Å². The van der Waals surface area contributed by atoms with E-state index in [0.29, 0.717) is 30.8 Å². The Kier molecular flexibility index (Phi) is 8.10. The molecular formula is C17H23ClN4O3. The van der Waals surface area contributed by atoms with Crippen molar-refractivity contribution in [3.8, 4) is 0 Å². The largest absolute Gasteiger partial charge is 0.361 e. The van der Waals surface area contributed by atoms with Crippen LogP contribution in [-0.2, 0) is 11.2 Å². The molecule has 2 amide bonds. The molecule has 25 heavy (non-hydrogen) atoms. The summed E-state index contributed by atoms with van der Waals surface area (Å²) in [6.07, 6.45) is 0.816. The van der Waals surface area contributed by atoms with Gasteiger partial charge in [0.25, 0.3) is 5.91 Å². The van der Waals surface area contributed by atoms with Crippen molar-refractivity contribution >= 4 is 29.9 Å². The van der Waals surface area contributed by atoms with Crippen LogP contribution in [-0.4, -0.2) is 30.1 Å². The number of nitrogens with zero attached hydrogens (tertiary/aromatic N) is 1. The molecule has 0 fully saturated rings. The number of nitrogens with one attached hydrogen (secondary N) is 2. The van der Waals surface area contributed by atoms with Gasteiger partial charge in [0.05, 0.1) is 16.9 Å². The average Bonchev–Trinajstić information content (AvgIpc) is 2.89. The maximum Gasteiger partial charge on any atom is 0.253 e. The summed E-state index contributed by atoms with van der Waals surface area (Å²) in [6, 6.07) is 6.88. The lowest BCUT2D eigenvalue weighted by Gasteiger charge is -2.11. The maximum absolute atomic E-state index is 12.2. The van der Waals surface area contributed by atoms with Crippen LogP contribution in [0.3, 0.4) is 0 Å². The zero-order valence-electron chi connectivity index (χ0n) is 14.3. The van der Waals surface area contributed by atoms with Crippen molar-refractivity contribution in [3.05, 3.63) is 46.8 Å². The normalized spacial score (nSPS) is 10.0. The lowest BCUT2D eigenvalue weighted by atomic mass is 10.1. The molecule has 2 aromatic rings. The minimum atomic E-state index is -0.262. The number of aryl methyl sites for hydroxylation is 2. The molecule has 4 N–H and O–H groups in total. The molecule has 0 unspecified atom stereocenters. The minimum absolute atomic E-state index is 0. The van der Waals surface area contributed by atoms with Gasteiger partial charge in [0.15, 0.2) is 0 Å².